The van der Waals surface area contributed by atoms with E-state index in [1.165, 1.54) is 5.56 Å². The molecule has 110 valence electrons. The van der Waals surface area contributed by atoms with Crippen molar-refractivity contribution in [2.75, 3.05) is 19.6 Å². The Balaban J connectivity index is 1.99. The molecular formula is C17H26N2O. The Hall–Kier alpha value is -1.35. The third kappa shape index (κ3) is 3.40. The van der Waals surface area contributed by atoms with Gasteiger partial charge in [0.05, 0.1) is 0 Å². The molecule has 2 atom stereocenters. The number of piperidine rings is 1. The molecule has 2 rings (SSSR count). The highest BCUT2D eigenvalue weighted by Gasteiger charge is 2.28. The molecule has 3 heteroatoms. The van der Waals surface area contributed by atoms with Gasteiger partial charge in [0.1, 0.15) is 0 Å². The van der Waals surface area contributed by atoms with E-state index >= 15 is 0 Å². The fraction of sp³-hybridized carbons (Fsp3) is 0.588. The first-order chi connectivity index (χ1) is 9.65. The molecule has 1 heterocycles. The Bertz CT molecular complexity index is 441. The summed E-state index contributed by atoms with van der Waals surface area (Å²) in [6.45, 7) is 9.21. The third-order valence-corrected chi connectivity index (χ3v) is 4.27. The van der Waals surface area contributed by atoms with Gasteiger partial charge in [-0.1, -0.05) is 32.9 Å². The number of benzene rings is 1. The zero-order valence-corrected chi connectivity index (χ0v) is 12.9. The van der Waals surface area contributed by atoms with Crippen molar-refractivity contribution in [2.24, 2.45) is 5.92 Å². The summed E-state index contributed by atoms with van der Waals surface area (Å²) in [5.41, 5.74) is 2.09. The van der Waals surface area contributed by atoms with Gasteiger partial charge in [-0.05, 0) is 43.0 Å². The lowest BCUT2D eigenvalue weighted by Crippen LogP contribution is -2.50. The molecule has 0 radical (unpaired) electrons. The van der Waals surface area contributed by atoms with Crippen molar-refractivity contribution in [3.63, 3.8) is 0 Å². The van der Waals surface area contributed by atoms with E-state index < -0.39 is 0 Å². The van der Waals surface area contributed by atoms with E-state index in [1.807, 2.05) is 17.0 Å². The van der Waals surface area contributed by atoms with Crippen LogP contribution in [-0.2, 0) is 6.42 Å². The van der Waals surface area contributed by atoms with Crippen LogP contribution in [0.1, 0.15) is 43.1 Å². The van der Waals surface area contributed by atoms with E-state index in [1.54, 1.807) is 0 Å². The van der Waals surface area contributed by atoms with E-state index in [2.05, 4.69) is 38.2 Å². The topological polar surface area (TPSA) is 32.3 Å². The molecule has 1 saturated heterocycles. The molecule has 1 aliphatic rings. The molecular weight excluding hydrogens is 248 g/mol. The van der Waals surface area contributed by atoms with E-state index in [-0.39, 0.29) is 5.91 Å². The predicted octanol–water partition coefficient (Wildman–Crippen LogP) is 2.71. The van der Waals surface area contributed by atoms with Crippen molar-refractivity contribution in [3.8, 4) is 0 Å². The molecule has 3 nitrogen and oxygen atoms in total. The molecule has 1 N–H and O–H groups in total. The maximum Gasteiger partial charge on any atom is 0.253 e. The van der Waals surface area contributed by atoms with Crippen molar-refractivity contribution < 1.29 is 4.79 Å². The second-order valence-corrected chi connectivity index (χ2v) is 5.73. The Kier molecular flexibility index (Phi) is 5.18. The van der Waals surface area contributed by atoms with Gasteiger partial charge in [0.25, 0.3) is 5.91 Å². The molecule has 1 fully saturated rings. The standard InChI is InChI=1S/C17H26N2O/c1-4-14-6-8-15(9-7-14)17(20)19-11-10-16(18-5-2)13(3)12-19/h6-9,13,16,18H,4-5,10-12H2,1-3H3. The Morgan fingerprint density at radius 2 is 2.00 bits per heavy atom. The van der Waals surface area contributed by atoms with Gasteiger partial charge in [-0.3, -0.25) is 4.79 Å². The van der Waals surface area contributed by atoms with Crippen LogP contribution in [0, 0.1) is 5.92 Å². The van der Waals surface area contributed by atoms with Gasteiger partial charge in [-0.2, -0.15) is 0 Å². The number of likely N-dealkylation sites (tertiary alicyclic amines) is 1. The van der Waals surface area contributed by atoms with Crippen molar-refractivity contribution in [3.05, 3.63) is 35.4 Å². The summed E-state index contributed by atoms with van der Waals surface area (Å²) in [6.07, 6.45) is 2.06. The first-order valence-corrected chi connectivity index (χ1v) is 7.77. The normalized spacial score (nSPS) is 22.9. The van der Waals surface area contributed by atoms with E-state index in [0.29, 0.717) is 12.0 Å². The third-order valence-electron chi connectivity index (χ3n) is 4.27. The fourth-order valence-electron chi connectivity index (χ4n) is 2.96. The number of aryl methyl sites for hydroxylation is 1. The second-order valence-electron chi connectivity index (χ2n) is 5.73. The minimum absolute atomic E-state index is 0.175. The lowest BCUT2D eigenvalue weighted by atomic mass is 9.93. The van der Waals surface area contributed by atoms with Crippen molar-refractivity contribution in [1.29, 1.82) is 0 Å². The number of carbonyl (C=O) groups excluding carboxylic acids is 1. The van der Waals surface area contributed by atoms with E-state index in [4.69, 9.17) is 0 Å². The van der Waals surface area contributed by atoms with Crippen LogP contribution in [0.3, 0.4) is 0 Å². The molecule has 0 spiro atoms. The summed E-state index contributed by atoms with van der Waals surface area (Å²) in [5.74, 6) is 0.692. The summed E-state index contributed by atoms with van der Waals surface area (Å²) in [7, 11) is 0. The number of nitrogens with one attached hydrogen (secondary N) is 1. The monoisotopic (exact) mass is 274 g/mol. The van der Waals surface area contributed by atoms with E-state index in [0.717, 1.165) is 38.0 Å². The molecule has 0 saturated carbocycles. The maximum atomic E-state index is 12.5. The molecule has 0 bridgehead atoms. The Morgan fingerprint density at radius 3 is 2.55 bits per heavy atom. The van der Waals surface area contributed by atoms with Crippen molar-refractivity contribution in [2.45, 2.75) is 39.7 Å². The molecule has 1 amide bonds. The van der Waals surface area contributed by atoms with Gasteiger partial charge < -0.3 is 10.2 Å². The van der Waals surface area contributed by atoms with Gasteiger partial charge in [0.2, 0.25) is 0 Å². The highest BCUT2D eigenvalue weighted by atomic mass is 16.2. The number of amides is 1. The highest BCUT2D eigenvalue weighted by Crippen LogP contribution is 2.19. The van der Waals surface area contributed by atoms with Crippen molar-refractivity contribution >= 4 is 5.91 Å². The van der Waals surface area contributed by atoms with Crippen LogP contribution in [0.4, 0.5) is 0 Å². The highest BCUT2D eigenvalue weighted by molar-refractivity contribution is 5.94. The van der Waals surface area contributed by atoms with Gasteiger partial charge in [0, 0.05) is 24.7 Å². The Labute approximate surface area is 122 Å². The zero-order valence-electron chi connectivity index (χ0n) is 12.9. The molecule has 1 aromatic rings. The van der Waals surface area contributed by atoms with Crippen LogP contribution in [0.15, 0.2) is 24.3 Å². The number of rotatable bonds is 4. The summed E-state index contributed by atoms with van der Waals surface area (Å²) >= 11 is 0. The average Bonchev–Trinajstić information content (AvgIpc) is 2.49. The first kappa shape index (κ1) is 15.0. The van der Waals surface area contributed by atoms with Gasteiger partial charge in [-0.15, -0.1) is 0 Å². The summed E-state index contributed by atoms with van der Waals surface area (Å²) < 4.78 is 0. The number of nitrogens with zero attached hydrogens (tertiary/aromatic N) is 1. The van der Waals surface area contributed by atoms with Crippen LogP contribution in [0.2, 0.25) is 0 Å². The number of hydrogen-bond donors (Lipinski definition) is 1. The van der Waals surface area contributed by atoms with Crippen molar-refractivity contribution in [1.82, 2.24) is 10.2 Å². The lowest BCUT2D eigenvalue weighted by Gasteiger charge is -2.37. The minimum atomic E-state index is 0.175. The number of hydrogen-bond acceptors (Lipinski definition) is 2. The average molecular weight is 274 g/mol. The lowest BCUT2D eigenvalue weighted by molar-refractivity contribution is 0.0646. The minimum Gasteiger partial charge on any atom is -0.338 e. The molecule has 20 heavy (non-hydrogen) atoms. The fourth-order valence-corrected chi connectivity index (χ4v) is 2.96. The van der Waals surface area contributed by atoms with Gasteiger partial charge in [0.15, 0.2) is 0 Å². The summed E-state index contributed by atoms with van der Waals surface area (Å²) in [4.78, 5) is 14.5. The quantitative estimate of drug-likeness (QED) is 0.915. The smallest absolute Gasteiger partial charge is 0.253 e. The number of carbonyl (C=O) groups is 1. The molecule has 0 aromatic heterocycles. The molecule has 1 aromatic carbocycles. The SMILES string of the molecule is CCNC1CCN(C(=O)c2ccc(CC)cc2)CC1C. The van der Waals surface area contributed by atoms with E-state index in [9.17, 15) is 4.79 Å². The van der Waals surface area contributed by atoms with Crippen LogP contribution in [-0.4, -0.2) is 36.5 Å². The zero-order chi connectivity index (χ0) is 14.5. The molecule has 0 aliphatic carbocycles. The van der Waals surface area contributed by atoms with Crippen LogP contribution < -0.4 is 5.32 Å². The Morgan fingerprint density at radius 1 is 1.30 bits per heavy atom. The van der Waals surface area contributed by atoms with Gasteiger partial charge in [-0.25, -0.2) is 0 Å². The first-order valence-electron chi connectivity index (χ1n) is 7.77. The van der Waals surface area contributed by atoms with Crippen LogP contribution >= 0.6 is 0 Å². The van der Waals surface area contributed by atoms with Gasteiger partial charge >= 0.3 is 0 Å². The summed E-state index contributed by atoms with van der Waals surface area (Å²) in [5, 5.41) is 3.51. The maximum absolute atomic E-state index is 12.5. The molecule has 2 unspecified atom stereocenters. The van der Waals surface area contributed by atoms with Crippen LogP contribution in [0.25, 0.3) is 0 Å². The van der Waals surface area contributed by atoms with Crippen LogP contribution in [0.5, 0.6) is 0 Å². The molecule has 1 aliphatic heterocycles. The largest absolute Gasteiger partial charge is 0.338 e. The predicted molar refractivity (Wildman–Crippen MR) is 83.0 cm³/mol. The second kappa shape index (κ2) is 6.89. The summed E-state index contributed by atoms with van der Waals surface area (Å²) in [6, 6.07) is 8.58.